The van der Waals surface area contributed by atoms with Gasteiger partial charge in [-0.1, -0.05) is 6.07 Å². The molecule has 0 fully saturated rings. The molecule has 0 amide bonds. The van der Waals surface area contributed by atoms with Gasteiger partial charge in [0.15, 0.2) is 11.5 Å². The summed E-state index contributed by atoms with van der Waals surface area (Å²) in [5.74, 6) is 1.41. The Labute approximate surface area is 111 Å². The maximum absolute atomic E-state index is 10.3. The Morgan fingerprint density at radius 3 is 2.79 bits per heavy atom. The van der Waals surface area contributed by atoms with Gasteiger partial charge in [0.05, 0.1) is 18.3 Å². The van der Waals surface area contributed by atoms with Gasteiger partial charge in [0, 0.05) is 5.69 Å². The van der Waals surface area contributed by atoms with Crippen LogP contribution in [0.4, 0.5) is 0 Å². The van der Waals surface area contributed by atoms with Crippen LogP contribution in [0.25, 0.3) is 0 Å². The summed E-state index contributed by atoms with van der Waals surface area (Å²) in [6.45, 7) is 4.59. The lowest BCUT2D eigenvalue weighted by Gasteiger charge is -2.13. The first-order valence-electron chi connectivity index (χ1n) is 6.22. The minimum Gasteiger partial charge on any atom is -0.454 e. The van der Waals surface area contributed by atoms with E-state index in [-0.39, 0.29) is 6.79 Å². The van der Waals surface area contributed by atoms with E-state index in [1.165, 1.54) is 0 Å². The van der Waals surface area contributed by atoms with Crippen LogP contribution < -0.4 is 9.47 Å². The van der Waals surface area contributed by atoms with Crippen molar-refractivity contribution in [1.29, 1.82) is 0 Å². The molecule has 19 heavy (non-hydrogen) atoms. The Balaban J connectivity index is 1.80. The molecule has 1 aliphatic heterocycles. The second kappa shape index (κ2) is 4.59. The quantitative estimate of drug-likeness (QED) is 0.916. The summed E-state index contributed by atoms with van der Waals surface area (Å²) < 4.78 is 12.4. The van der Waals surface area contributed by atoms with E-state index in [4.69, 9.17) is 9.47 Å². The zero-order valence-electron chi connectivity index (χ0n) is 11.0. The summed E-state index contributed by atoms with van der Waals surface area (Å²) in [5, 5.41) is 14.6. The van der Waals surface area contributed by atoms with E-state index < -0.39 is 6.10 Å². The van der Waals surface area contributed by atoms with Gasteiger partial charge in [-0.3, -0.25) is 4.68 Å². The van der Waals surface area contributed by atoms with E-state index in [0.29, 0.717) is 12.3 Å². The summed E-state index contributed by atoms with van der Waals surface area (Å²) in [5.41, 5.74) is 2.80. The van der Waals surface area contributed by atoms with Crippen LogP contribution in [0.5, 0.6) is 11.5 Å². The molecule has 1 unspecified atom stereocenters. The van der Waals surface area contributed by atoms with Gasteiger partial charge in [0.2, 0.25) is 6.79 Å². The highest BCUT2D eigenvalue weighted by atomic mass is 16.7. The number of rotatable bonds is 3. The fourth-order valence-electron chi connectivity index (χ4n) is 2.25. The Bertz CT molecular complexity index is 607. The average Bonchev–Trinajstić information content (AvgIpc) is 2.95. The van der Waals surface area contributed by atoms with Gasteiger partial charge in [-0.15, -0.1) is 0 Å². The molecule has 100 valence electrons. The number of hydrogen-bond donors (Lipinski definition) is 1. The highest BCUT2D eigenvalue weighted by Gasteiger charge is 2.17. The molecular formula is C14H16N2O3. The van der Waals surface area contributed by atoms with Crippen LogP contribution in [-0.2, 0) is 6.54 Å². The lowest BCUT2D eigenvalue weighted by Crippen LogP contribution is -2.11. The van der Waals surface area contributed by atoms with Crippen molar-refractivity contribution in [2.24, 2.45) is 0 Å². The van der Waals surface area contributed by atoms with E-state index in [1.54, 1.807) is 0 Å². The first-order chi connectivity index (χ1) is 9.13. The fourth-order valence-corrected chi connectivity index (χ4v) is 2.25. The Morgan fingerprint density at radius 2 is 2.05 bits per heavy atom. The second-order valence-corrected chi connectivity index (χ2v) is 4.74. The number of aryl methyl sites for hydroxylation is 2. The first kappa shape index (κ1) is 12.0. The van der Waals surface area contributed by atoms with E-state index in [1.807, 2.05) is 42.8 Å². The maximum atomic E-state index is 10.3. The predicted octanol–water partition coefficient (Wildman–Crippen LogP) is 1.96. The van der Waals surface area contributed by atoms with Crippen LogP contribution in [0.2, 0.25) is 0 Å². The molecule has 2 aromatic rings. The molecule has 1 aromatic carbocycles. The highest BCUT2D eigenvalue weighted by molar-refractivity contribution is 5.45. The molecule has 0 bridgehead atoms. The van der Waals surface area contributed by atoms with Crippen LogP contribution in [0.3, 0.4) is 0 Å². The van der Waals surface area contributed by atoms with Crippen molar-refractivity contribution in [1.82, 2.24) is 9.78 Å². The molecule has 2 heterocycles. The van der Waals surface area contributed by atoms with Crippen LogP contribution in [0.1, 0.15) is 23.1 Å². The van der Waals surface area contributed by atoms with Gasteiger partial charge in [-0.05, 0) is 37.6 Å². The molecular weight excluding hydrogens is 244 g/mol. The minimum atomic E-state index is -0.618. The largest absolute Gasteiger partial charge is 0.454 e. The van der Waals surface area contributed by atoms with Crippen LogP contribution in [0.15, 0.2) is 24.3 Å². The smallest absolute Gasteiger partial charge is 0.231 e. The van der Waals surface area contributed by atoms with Gasteiger partial charge in [-0.2, -0.15) is 5.10 Å². The average molecular weight is 260 g/mol. The molecule has 1 atom stereocenters. The SMILES string of the molecule is Cc1cc(C)n(CC(O)c2ccc3c(c2)OCO3)n1. The van der Waals surface area contributed by atoms with E-state index in [9.17, 15) is 5.11 Å². The second-order valence-electron chi connectivity index (χ2n) is 4.74. The zero-order valence-corrected chi connectivity index (χ0v) is 11.0. The van der Waals surface area contributed by atoms with Gasteiger partial charge >= 0.3 is 0 Å². The molecule has 5 heteroatoms. The van der Waals surface area contributed by atoms with Crippen molar-refractivity contribution in [2.75, 3.05) is 6.79 Å². The number of nitrogens with zero attached hydrogens (tertiary/aromatic N) is 2. The Hall–Kier alpha value is -2.01. The summed E-state index contributed by atoms with van der Waals surface area (Å²) in [4.78, 5) is 0. The number of ether oxygens (including phenoxy) is 2. The summed E-state index contributed by atoms with van der Waals surface area (Å²) in [6, 6.07) is 7.48. The van der Waals surface area contributed by atoms with E-state index >= 15 is 0 Å². The van der Waals surface area contributed by atoms with Crippen LogP contribution >= 0.6 is 0 Å². The van der Waals surface area contributed by atoms with E-state index in [0.717, 1.165) is 22.7 Å². The number of benzene rings is 1. The van der Waals surface area contributed by atoms with Gasteiger partial charge in [-0.25, -0.2) is 0 Å². The van der Waals surface area contributed by atoms with Crippen molar-refractivity contribution < 1.29 is 14.6 Å². The van der Waals surface area contributed by atoms with Crippen LogP contribution in [-0.4, -0.2) is 21.7 Å². The third-order valence-corrected chi connectivity index (χ3v) is 3.23. The number of aliphatic hydroxyl groups excluding tert-OH is 1. The molecule has 1 aliphatic rings. The third kappa shape index (κ3) is 2.29. The molecule has 0 aliphatic carbocycles. The highest BCUT2D eigenvalue weighted by Crippen LogP contribution is 2.34. The van der Waals surface area contributed by atoms with Crippen LogP contribution in [0, 0.1) is 13.8 Å². The lowest BCUT2D eigenvalue weighted by atomic mass is 10.1. The van der Waals surface area contributed by atoms with Crippen molar-refractivity contribution in [3.05, 3.63) is 41.2 Å². The maximum Gasteiger partial charge on any atom is 0.231 e. The van der Waals surface area contributed by atoms with Gasteiger partial charge < -0.3 is 14.6 Å². The standard InChI is InChI=1S/C14H16N2O3/c1-9-5-10(2)16(15-9)7-12(17)11-3-4-13-14(6-11)19-8-18-13/h3-6,12,17H,7-8H2,1-2H3. The Morgan fingerprint density at radius 1 is 1.26 bits per heavy atom. The van der Waals surface area contributed by atoms with Gasteiger partial charge in [0.1, 0.15) is 0 Å². The summed E-state index contributed by atoms with van der Waals surface area (Å²) in [6.07, 6.45) is -0.618. The third-order valence-electron chi connectivity index (χ3n) is 3.23. The van der Waals surface area contributed by atoms with Crippen molar-refractivity contribution in [2.45, 2.75) is 26.5 Å². The Kier molecular flexibility index (Phi) is 2.91. The molecule has 0 radical (unpaired) electrons. The molecule has 3 rings (SSSR count). The molecule has 0 saturated heterocycles. The molecule has 0 saturated carbocycles. The number of hydrogen-bond acceptors (Lipinski definition) is 4. The summed E-state index contributed by atoms with van der Waals surface area (Å²) in [7, 11) is 0. The zero-order chi connectivity index (χ0) is 13.4. The van der Waals surface area contributed by atoms with E-state index in [2.05, 4.69) is 5.10 Å². The molecule has 5 nitrogen and oxygen atoms in total. The number of aromatic nitrogens is 2. The number of aliphatic hydroxyl groups is 1. The normalized spacial score (nSPS) is 14.7. The minimum absolute atomic E-state index is 0.242. The van der Waals surface area contributed by atoms with Gasteiger partial charge in [0.25, 0.3) is 0 Å². The topological polar surface area (TPSA) is 56.5 Å². The molecule has 1 N–H and O–H groups in total. The number of fused-ring (bicyclic) bond motifs is 1. The predicted molar refractivity (Wildman–Crippen MR) is 69.2 cm³/mol. The lowest BCUT2D eigenvalue weighted by molar-refractivity contribution is 0.149. The molecule has 1 aromatic heterocycles. The first-order valence-corrected chi connectivity index (χ1v) is 6.22. The van der Waals surface area contributed by atoms with Crippen molar-refractivity contribution >= 4 is 0 Å². The van der Waals surface area contributed by atoms with Crippen molar-refractivity contribution in [3.8, 4) is 11.5 Å². The monoisotopic (exact) mass is 260 g/mol. The van der Waals surface area contributed by atoms with Crippen molar-refractivity contribution in [3.63, 3.8) is 0 Å². The fraction of sp³-hybridized carbons (Fsp3) is 0.357. The summed E-state index contributed by atoms with van der Waals surface area (Å²) >= 11 is 0. The molecule has 0 spiro atoms.